The number of nitrogens with one attached hydrogen (secondary N) is 1. The highest BCUT2D eigenvalue weighted by Gasteiger charge is 2.32. The van der Waals surface area contributed by atoms with Crippen LogP contribution in [-0.4, -0.2) is 58.6 Å². The Morgan fingerprint density at radius 2 is 2.22 bits per heavy atom. The summed E-state index contributed by atoms with van der Waals surface area (Å²) in [5.41, 5.74) is 0.398. The molecule has 150 valence electrons. The van der Waals surface area contributed by atoms with Crippen LogP contribution in [0.5, 0.6) is 11.5 Å². The van der Waals surface area contributed by atoms with E-state index in [1.165, 1.54) is 24.3 Å². The lowest BCUT2D eigenvalue weighted by Gasteiger charge is -2.19. The van der Waals surface area contributed by atoms with Crippen LogP contribution in [0.2, 0.25) is 0 Å². The quantitative estimate of drug-likeness (QED) is 0.701. The van der Waals surface area contributed by atoms with Gasteiger partial charge in [-0.25, -0.2) is 0 Å². The molecule has 12 heteroatoms. The maximum atomic E-state index is 12.5. The van der Waals surface area contributed by atoms with E-state index in [4.69, 9.17) is 14.2 Å². The summed E-state index contributed by atoms with van der Waals surface area (Å²) in [6.45, 7) is 1.40. The lowest BCUT2D eigenvalue weighted by atomic mass is 10.2. The number of aromatic nitrogens is 4. The fraction of sp³-hybridized carbons (Fsp3) is 0.533. The molecule has 0 aromatic carbocycles. The fourth-order valence-corrected chi connectivity index (χ4v) is 2.93. The summed E-state index contributed by atoms with van der Waals surface area (Å²) in [6, 6.07) is -0.285. The second kappa shape index (κ2) is 8.21. The van der Waals surface area contributed by atoms with Crippen molar-refractivity contribution in [2.75, 3.05) is 37.4 Å². The Bertz CT molecular complexity index is 793. The molecular formula is C15H20F3N5O3S. The van der Waals surface area contributed by atoms with Crippen LogP contribution in [0.3, 0.4) is 0 Å². The summed E-state index contributed by atoms with van der Waals surface area (Å²) in [5, 5.41) is 8.29. The molecule has 0 bridgehead atoms. The predicted octanol–water partition coefficient (Wildman–Crippen LogP) is 3.19. The lowest BCUT2D eigenvalue weighted by molar-refractivity contribution is -0.153. The van der Waals surface area contributed by atoms with Gasteiger partial charge in [0.2, 0.25) is 5.95 Å². The molecule has 0 saturated heterocycles. The number of alkyl halides is 3. The highest BCUT2D eigenvalue weighted by Crippen LogP contribution is 2.41. The van der Waals surface area contributed by atoms with E-state index in [1.54, 1.807) is 4.57 Å². The predicted molar refractivity (Wildman–Crippen MR) is 95.1 cm³/mol. The summed E-state index contributed by atoms with van der Waals surface area (Å²) in [7, 11) is 0. The summed E-state index contributed by atoms with van der Waals surface area (Å²) in [5.74, 6) is 0.947. The zero-order chi connectivity index (χ0) is 19.4. The maximum Gasteiger partial charge on any atom is 0.422 e. The average Bonchev–Trinajstić information content (AvgIpc) is 2.96. The Balaban J connectivity index is 0.00000280. The van der Waals surface area contributed by atoms with Crippen LogP contribution >= 0.6 is 11.9 Å². The molecule has 3 rings (SSSR count). The number of hydrogen-bond donors (Lipinski definition) is 1. The Morgan fingerprint density at radius 1 is 1.41 bits per heavy atom. The van der Waals surface area contributed by atoms with Gasteiger partial charge in [-0.05, 0) is 6.92 Å². The molecule has 3 heterocycles. The molecule has 1 aliphatic rings. The molecule has 0 radical (unpaired) electrons. The molecule has 0 fully saturated rings. The summed E-state index contributed by atoms with van der Waals surface area (Å²) in [4.78, 5) is 3.97. The highest BCUT2D eigenvalue weighted by molar-refractivity contribution is 7.99. The average molecular weight is 407 g/mol. The van der Waals surface area contributed by atoms with Gasteiger partial charge in [-0.1, -0.05) is 11.9 Å². The van der Waals surface area contributed by atoms with Crippen molar-refractivity contribution in [1.29, 1.82) is 0 Å². The number of halogens is 3. The first-order valence-corrected chi connectivity index (χ1v) is 9.29. The van der Waals surface area contributed by atoms with Crippen molar-refractivity contribution in [3.05, 3.63) is 12.4 Å². The first-order valence-electron chi connectivity index (χ1n) is 8.07. The molecule has 1 atom stereocenters. The van der Waals surface area contributed by atoms with Crippen molar-refractivity contribution in [2.45, 2.75) is 19.1 Å². The SMILES string of the molecule is CCOC[C@@H]1COc2c(OCC(F)(F)F)cncc2-c2nnc(NSC)n21.[HH]. The van der Waals surface area contributed by atoms with E-state index in [0.29, 0.717) is 30.5 Å². The van der Waals surface area contributed by atoms with Gasteiger partial charge in [0.1, 0.15) is 6.61 Å². The van der Waals surface area contributed by atoms with E-state index >= 15 is 0 Å². The van der Waals surface area contributed by atoms with Gasteiger partial charge in [0.15, 0.2) is 23.9 Å². The zero-order valence-corrected chi connectivity index (χ0v) is 15.4. The fourth-order valence-electron chi connectivity index (χ4n) is 2.61. The number of fused-ring (bicyclic) bond motifs is 3. The minimum atomic E-state index is -4.47. The van der Waals surface area contributed by atoms with Gasteiger partial charge in [-0.15, -0.1) is 10.2 Å². The molecule has 0 aliphatic carbocycles. The molecule has 0 amide bonds. The molecule has 0 unspecified atom stereocenters. The van der Waals surface area contributed by atoms with Gasteiger partial charge in [-0.3, -0.25) is 14.3 Å². The Morgan fingerprint density at radius 3 is 2.93 bits per heavy atom. The number of rotatable bonds is 7. The summed E-state index contributed by atoms with van der Waals surface area (Å²) >= 11 is 1.34. The van der Waals surface area contributed by atoms with Gasteiger partial charge < -0.3 is 14.2 Å². The van der Waals surface area contributed by atoms with E-state index in [-0.39, 0.29) is 25.6 Å². The standard InChI is InChI=1S/C15H18F3N5O3S.H2/c1-3-24-6-9-7-25-12-10(13-20-21-14(22-27-2)23(9)13)4-19-5-11(12)26-8-15(16,17)18;/h4-5,9H,3,6-8H2,1-2H3,(H,21,22);1H/t9-;/m1./s1. The van der Waals surface area contributed by atoms with Crippen molar-refractivity contribution in [2.24, 2.45) is 0 Å². The van der Waals surface area contributed by atoms with E-state index < -0.39 is 12.8 Å². The van der Waals surface area contributed by atoms with Crippen LogP contribution in [0.15, 0.2) is 12.4 Å². The van der Waals surface area contributed by atoms with Crippen molar-refractivity contribution in [3.8, 4) is 22.9 Å². The van der Waals surface area contributed by atoms with Crippen molar-refractivity contribution < 1.29 is 28.8 Å². The minimum Gasteiger partial charge on any atom is -0.487 e. The third kappa shape index (κ3) is 4.38. The first-order chi connectivity index (χ1) is 12.9. The molecule has 1 N–H and O–H groups in total. The summed E-state index contributed by atoms with van der Waals surface area (Å²) < 4.78 is 58.7. The summed E-state index contributed by atoms with van der Waals surface area (Å²) in [6.07, 6.45) is 0.0167. The van der Waals surface area contributed by atoms with Gasteiger partial charge in [0.25, 0.3) is 0 Å². The molecule has 0 spiro atoms. The van der Waals surface area contributed by atoms with Crippen LogP contribution in [0, 0.1) is 0 Å². The molecule has 0 saturated carbocycles. The Labute approximate surface area is 159 Å². The third-order valence-electron chi connectivity index (χ3n) is 3.68. The smallest absolute Gasteiger partial charge is 0.422 e. The van der Waals surface area contributed by atoms with E-state index in [9.17, 15) is 13.2 Å². The molecule has 8 nitrogen and oxygen atoms in total. The van der Waals surface area contributed by atoms with Crippen LogP contribution in [0.1, 0.15) is 14.4 Å². The largest absolute Gasteiger partial charge is 0.487 e. The highest BCUT2D eigenvalue weighted by atomic mass is 32.2. The second-order valence-electron chi connectivity index (χ2n) is 5.57. The molecule has 2 aromatic rings. The van der Waals surface area contributed by atoms with Crippen molar-refractivity contribution in [3.63, 3.8) is 0 Å². The lowest BCUT2D eigenvalue weighted by Crippen LogP contribution is -2.23. The van der Waals surface area contributed by atoms with Gasteiger partial charge in [0, 0.05) is 20.5 Å². The van der Waals surface area contributed by atoms with Crippen LogP contribution in [-0.2, 0) is 4.74 Å². The van der Waals surface area contributed by atoms with E-state index in [2.05, 4.69) is 19.9 Å². The molecule has 1 aliphatic heterocycles. The minimum absolute atomic E-state index is 0. The van der Waals surface area contributed by atoms with Gasteiger partial charge in [-0.2, -0.15) is 13.2 Å². The molecular weight excluding hydrogens is 387 g/mol. The van der Waals surface area contributed by atoms with Gasteiger partial charge in [0.05, 0.1) is 24.4 Å². The zero-order valence-electron chi connectivity index (χ0n) is 14.6. The van der Waals surface area contributed by atoms with Crippen LogP contribution in [0.4, 0.5) is 19.1 Å². The normalized spacial score (nSPS) is 16.1. The second-order valence-corrected chi connectivity index (χ2v) is 6.18. The molecule has 2 aromatic heterocycles. The number of hydrogen-bond acceptors (Lipinski definition) is 8. The number of ether oxygens (including phenoxy) is 3. The van der Waals surface area contributed by atoms with Gasteiger partial charge >= 0.3 is 6.18 Å². The Hall–Kier alpha value is -2.21. The van der Waals surface area contributed by atoms with Crippen molar-refractivity contribution >= 4 is 17.9 Å². The van der Waals surface area contributed by atoms with Crippen LogP contribution < -0.4 is 14.2 Å². The number of nitrogens with zero attached hydrogens (tertiary/aromatic N) is 4. The molecule has 27 heavy (non-hydrogen) atoms. The Kier molecular flexibility index (Phi) is 5.95. The maximum absolute atomic E-state index is 12.5. The van der Waals surface area contributed by atoms with E-state index in [0.717, 1.165) is 0 Å². The number of pyridine rings is 1. The number of anilines is 1. The first kappa shape index (κ1) is 19.5. The topological polar surface area (TPSA) is 83.3 Å². The monoisotopic (exact) mass is 407 g/mol. The van der Waals surface area contributed by atoms with Crippen LogP contribution in [0.25, 0.3) is 11.4 Å². The van der Waals surface area contributed by atoms with Crippen molar-refractivity contribution in [1.82, 2.24) is 19.7 Å². The third-order valence-corrected chi connectivity index (χ3v) is 4.07. The van der Waals surface area contributed by atoms with E-state index in [1.807, 2.05) is 13.2 Å².